The zero-order valence-electron chi connectivity index (χ0n) is 19.4. The number of nitrogens with two attached hydrogens (primary N) is 1. The molecule has 2 aromatic heterocycles. The molecule has 12 heteroatoms. The van der Waals surface area contributed by atoms with Crippen molar-refractivity contribution in [3.05, 3.63) is 64.1 Å². The molecule has 0 radical (unpaired) electrons. The molecule has 36 heavy (non-hydrogen) atoms. The molecule has 188 valence electrons. The van der Waals surface area contributed by atoms with Crippen LogP contribution in [-0.4, -0.2) is 50.5 Å². The number of amides is 2. The summed E-state index contributed by atoms with van der Waals surface area (Å²) in [5, 5.41) is 6.06. The van der Waals surface area contributed by atoms with Crippen LogP contribution in [0.1, 0.15) is 39.4 Å². The number of primary amides is 1. The Bertz CT molecular complexity index is 1430. The first-order chi connectivity index (χ1) is 16.9. The lowest BCUT2D eigenvalue weighted by molar-refractivity contribution is 0.0970. The van der Waals surface area contributed by atoms with Gasteiger partial charge >= 0.3 is 0 Å². The number of fused-ring (bicyclic) bond motifs is 1. The molecule has 1 aliphatic rings. The number of aromatic amines is 1. The molecule has 0 spiro atoms. The molecule has 1 aliphatic heterocycles. The van der Waals surface area contributed by atoms with E-state index < -0.39 is 11.8 Å². The van der Waals surface area contributed by atoms with Crippen LogP contribution in [0.4, 0.5) is 5.95 Å². The molecular formula is C24H25BrClN7O3. The molecule has 4 aromatic rings. The van der Waals surface area contributed by atoms with Gasteiger partial charge < -0.3 is 20.8 Å². The number of aryl methyl sites for hydroxylation is 1. The Balaban J connectivity index is 0.00000304. The van der Waals surface area contributed by atoms with Gasteiger partial charge in [-0.3, -0.25) is 19.5 Å². The Labute approximate surface area is 221 Å². The highest BCUT2D eigenvalue weighted by Gasteiger charge is 2.25. The van der Waals surface area contributed by atoms with E-state index in [1.54, 1.807) is 4.57 Å². The number of benzene rings is 2. The van der Waals surface area contributed by atoms with E-state index in [9.17, 15) is 9.59 Å². The summed E-state index contributed by atoms with van der Waals surface area (Å²) in [6.45, 7) is 3.78. The van der Waals surface area contributed by atoms with E-state index in [1.165, 1.54) is 6.33 Å². The van der Waals surface area contributed by atoms with Gasteiger partial charge in [0.15, 0.2) is 5.69 Å². The number of halogens is 2. The highest BCUT2D eigenvalue weighted by atomic mass is 79.9. The number of ether oxygens (including phenoxy) is 1. The summed E-state index contributed by atoms with van der Waals surface area (Å²) in [5.41, 5.74) is 8.38. The maximum absolute atomic E-state index is 13.3. The van der Waals surface area contributed by atoms with Crippen LogP contribution in [0.2, 0.25) is 0 Å². The first-order valence-electron chi connectivity index (χ1n) is 11.2. The summed E-state index contributed by atoms with van der Waals surface area (Å²) >= 11 is 3.45. The number of hydrogen-bond donors (Lipinski definition) is 4. The van der Waals surface area contributed by atoms with Gasteiger partial charge in [-0.2, -0.15) is 0 Å². The Kier molecular flexibility index (Phi) is 7.62. The lowest BCUT2D eigenvalue weighted by Crippen LogP contribution is -2.34. The van der Waals surface area contributed by atoms with Gasteiger partial charge in [0.25, 0.3) is 11.8 Å². The highest BCUT2D eigenvalue weighted by Crippen LogP contribution is 2.25. The quantitative estimate of drug-likeness (QED) is 0.277. The number of aromatic nitrogens is 4. The molecule has 2 aromatic carbocycles. The summed E-state index contributed by atoms with van der Waals surface area (Å²) < 4.78 is 8.46. The van der Waals surface area contributed by atoms with Crippen LogP contribution in [0.25, 0.3) is 16.7 Å². The van der Waals surface area contributed by atoms with Crippen molar-refractivity contribution in [1.82, 2.24) is 24.8 Å². The Morgan fingerprint density at radius 1 is 1.19 bits per heavy atom. The fourth-order valence-electron chi connectivity index (χ4n) is 4.16. The van der Waals surface area contributed by atoms with E-state index >= 15 is 0 Å². The lowest BCUT2D eigenvalue weighted by Gasteiger charge is -2.23. The number of carbonyl (C=O) groups is 2. The number of nitrogens with zero attached hydrogens (tertiary/aromatic N) is 3. The van der Waals surface area contributed by atoms with E-state index in [4.69, 9.17) is 10.5 Å². The maximum Gasteiger partial charge on any atom is 0.277 e. The smallest absolute Gasteiger partial charge is 0.277 e. The summed E-state index contributed by atoms with van der Waals surface area (Å²) in [6.07, 6.45) is 3.49. The average Bonchev–Trinajstić information content (AvgIpc) is 3.45. The second kappa shape index (κ2) is 10.7. The molecule has 0 bridgehead atoms. The van der Waals surface area contributed by atoms with Crippen molar-refractivity contribution in [3.8, 4) is 11.4 Å². The van der Waals surface area contributed by atoms with Crippen molar-refractivity contribution in [1.29, 1.82) is 0 Å². The van der Waals surface area contributed by atoms with E-state index in [2.05, 4.69) is 41.5 Å². The second-order valence-corrected chi connectivity index (χ2v) is 9.31. The molecule has 1 fully saturated rings. The van der Waals surface area contributed by atoms with Crippen molar-refractivity contribution in [2.45, 2.75) is 25.9 Å². The van der Waals surface area contributed by atoms with Gasteiger partial charge in [0, 0.05) is 10.5 Å². The number of carbonyl (C=O) groups excluding carboxylic acids is 2. The molecule has 0 atom stereocenters. The van der Waals surface area contributed by atoms with Crippen LogP contribution in [0.3, 0.4) is 0 Å². The van der Waals surface area contributed by atoms with Gasteiger partial charge in [-0.25, -0.2) is 9.97 Å². The average molecular weight is 575 g/mol. The molecule has 2 amide bonds. The third-order valence-electron chi connectivity index (χ3n) is 5.92. The Morgan fingerprint density at radius 3 is 2.72 bits per heavy atom. The first-order valence-corrected chi connectivity index (χ1v) is 12.0. The van der Waals surface area contributed by atoms with Crippen LogP contribution in [0.5, 0.6) is 5.75 Å². The molecule has 0 unspecified atom stereocenters. The minimum absolute atomic E-state index is 0. The van der Waals surface area contributed by atoms with Crippen LogP contribution in [-0.2, 0) is 0 Å². The molecule has 3 heterocycles. The monoisotopic (exact) mass is 573 g/mol. The highest BCUT2D eigenvalue weighted by molar-refractivity contribution is 9.10. The van der Waals surface area contributed by atoms with Gasteiger partial charge in [-0.05, 0) is 62.7 Å². The van der Waals surface area contributed by atoms with Crippen molar-refractivity contribution in [2.24, 2.45) is 5.73 Å². The van der Waals surface area contributed by atoms with Crippen LogP contribution in [0.15, 0.2) is 47.2 Å². The maximum atomic E-state index is 13.3. The zero-order chi connectivity index (χ0) is 24.5. The van der Waals surface area contributed by atoms with E-state index in [0.717, 1.165) is 47.2 Å². The predicted molar refractivity (Wildman–Crippen MR) is 142 cm³/mol. The fourth-order valence-corrected chi connectivity index (χ4v) is 4.51. The Morgan fingerprint density at radius 2 is 1.97 bits per heavy atom. The largest absolute Gasteiger partial charge is 0.490 e. The number of hydrogen-bond acceptors (Lipinski definition) is 6. The number of anilines is 1. The molecule has 5 N–H and O–H groups in total. The minimum atomic E-state index is -0.800. The standard InChI is InChI=1S/C24H24BrN7O3.ClH/c1-13-2-3-14(25)10-19(13)32-12-28-20(22(26)33)21(32)23(34)31-24-29-17-5-4-16(11-18(17)30-24)35-15-6-8-27-9-7-15;/h2-5,10-12,15,27H,6-9H2,1H3,(H2,26,33)(H2,29,30,31,34);1H. The topological polar surface area (TPSA) is 140 Å². The van der Waals surface area contributed by atoms with Crippen molar-refractivity contribution < 1.29 is 14.3 Å². The molecular weight excluding hydrogens is 550 g/mol. The number of piperidine rings is 1. The SMILES string of the molecule is Cc1ccc(Br)cc1-n1cnc(C(N)=O)c1C(=O)Nc1nc2ccc(OC3CCNCC3)cc2[nH]1.Cl. The van der Waals surface area contributed by atoms with E-state index in [1.807, 2.05) is 43.3 Å². The van der Waals surface area contributed by atoms with E-state index in [0.29, 0.717) is 11.2 Å². The minimum Gasteiger partial charge on any atom is -0.490 e. The van der Waals surface area contributed by atoms with Crippen LogP contribution in [0, 0.1) is 6.92 Å². The molecule has 10 nitrogen and oxygen atoms in total. The van der Waals surface area contributed by atoms with Gasteiger partial charge in [0.2, 0.25) is 5.95 Å². The molecule has 0 saturated carbocycles. The first kappa shape index (κ1) is 25.7. The summed E-state index contributed by atoms with van der Waals surface area (Å²) in [5.74, 6) is -0.393. The molecule has 0 aliphatic carbocycles. The summed E-state index contributed by atoms with van der Waals surface area (Å²) in [7, 11) is 0. The van der Waals surface area contributed by atoms with Gasteiger partial charge in [0.05, 0.1) is 16.7 Å². The third-order valence-corrected chi connectivity index (χ3v) is 6.41. The normalized spacial score (nSPS) is 13.8. The zero-order valence-corrected chi connectivity index (χ0v) is 21.8. The van der Waals surface area contributed by atoms with Gasteiger partial charge in [-0.1, -0.05) is 22.0 Å². The predicted octanol–water partition coefficient (Wildman–Crippen LogP) is 3.72. The third kappa shape index (κ3) is 5.23. The summed E-state index contributed by atoms with van der Waals surface area (Å²) in [4.78, 5) is 37.0. The lowest BCUT2D eigenvalue weighted by atomic mass is 10.1. The number of H-pyrrole nitrogens is 1. The van der Waals surface area contributed by atoms with Crippen molar-refractivity contribution in [2.75, 3.05) is 18.4 Å². The van der Waals surface area contributed by atoms with Gasteiger partial charge in [-0.15, -0.1) is 12.4 Å². The van der Waals surface area contributed by atoms with E-state index in [-0.39, 0.29) is 35.8 Å². The Hall–Kier alpha value is -3.41. The second-order valence-electron chi connectivity index (χ2n) is 8.39. The number of imidazole rings is 2. The van der Waals surface area contributed by atoms with Crippen molar-refractivity contribution >= 4 is 57.1 Å². The number of rotatable bonds is 6. The van der Waals surface area contributed by atoms with Crippen LogP contribution < -0.4 is 21.1 Å². The number of nitrogens with one attached hydrogen (secondary N) is 3. The summed E-state index contributed by atoms with van der Waals surface area (Å²) in [6, 6.07) is 11.2. The molecule has 5 rings (SSSR count). The molecule has 1 saturated heterocycles. The van der Waals surface area contributed by atoms with Crippen molar-refractivity contribution in [3.63, 3.8) is 0 Å². The van der Waals surface area contributed by atoms with Gasteiger partial charge in [0.1, 0.15) is 23.9 Å². The fraction of sp³-hybridized carbons (Fsp3) is 0.250. The van der Waals surface area contributed by atoms with Crippen LogP contribution >= 0.6 is 28.3 Å².